The molecule has 0 bridgehead atoms. The third-order valence-electron chi connectivity index (χ3n) is 8.20. The molecular formula is C43H33BrN2. The Morgan fingerprint density at radius 3 is 1.78 bits per heavy atom. The molecule has 3 heteroatoms. The van der Waals surface area contributed by atoms with Crippen LogP contribution < -0.4 is 4.90 Å². The van der Waals surface area contributed by atoms with Crippen LogP contribution in [0.5, 0.6) is 0 Å². The zero-order valence-electron chi connectivity index (χ0n) is 25.6. The van der Waals surface area contributed by atoms with Crippen LogP contribution in [0.25, 0.3) is 49.4 Å². The van der Waals surface area contributed by atoms with Gasteiger partial charge in [0.15, 0.2) is 0 Å². The van der Waals surface area contributed by atoms with Crippen LogP contribution in [0.4, 0.5) is 17.1 Å². The minimum Gasteiger partial charge on any atom is -0.310 e. The van der Waals surface area contributed by atoms with Crippen molar-refractivity contribution >= 4 is 65.6 Å². The van der Waals surface area contributed by atoms with Gasteiger partial charge >= 0.3 is 0 Å². The second-order valence-corrected chi connectivity index (χ2v) is 12.1. The summed E-state index contributed by atoms with van der Waals surface area (Å²) in [6.07, 6.45) is 1.75. The lowest BCUT2D eigenvalue weighted by atomic mass is 10.0. The maximum atomic E-state index is 3.84. The van der Waals surface area contributed by atoms with E-state index in [0.29, 0.717) is 0 Å². The SMILES string of the molecule is Brc1cc(-c2ccc(-n3c4ccccc4c4ccccc43)cc2)cc(N(c2ccccc2)c2cccc3ccccc23)c1.C=CC. The van der Waals surface area contributed by atoms with E-state index in [-0.39, 0.29) is 0 Å². The molecule has 0 atom stereocenters. The molecular weight excluding hydrogens is 624 g/mol. The number of aromatic nitrogens is 1. The summed E-state index contributed by atoms with van der Waals surface area (Å²) in [7, 11) is 0. The molecule has 1 heterocycles. The first-order valence-corrected chi connectivity index (χ1v) is 16.2. The quantitative estimate of drug-likeness (QED) is 0.167. The lowest BCUT2D eigenvalue weighted by molar-refractivity contribution is 1.18. The first-order chi connectivity index (χ1) is 22.7. The molecule has 0 N–H and O–H groups in total. The Balaban J connectivity index is 0.00000109. The van der Waals surface area contributed by atoms with Gasteiger partial charge in [0.2, 0.25) is 0 Å². The van der Waals surface area contributed by atoms with Crippen LogP contribution in [-0.4, -0.2) is 4.57 Å². The molecule has 0 amide bonds. The second kappa shape index (κ2) is 12.9. The molecule has 0 aliphatic carbocycles. The van der Waals surface area contributed by atoms with E-state index in [0.717, 1.165) is 38.3 Å². The molecule has 0 aliphatic heterocycles. The molecule has 0 saturated heterocycles. The summed E-state index contributed by atoms with van der Waals surface area (Å²) < 4.78 is 3.39. The van der Waals surface area contributed by atoms with Gasteiger partial charge in [-0.25, -0.2) is 0 Å². The normalized spacial score (nSPS) is 10.9. The first-order valence-electron chi connectivity index (χ1n) is 15.5. The van der Waals surface area contributed by atoms with E-state index in [4.69, 9.17) is 0 Å². The predicted octanol–water partition coefficient (Wildman–Crippen LogP) is 13.0. The Morgan fingerprint density at radius 1 is 0.543 bits per heavy atom. The fraction of sp³-hybridized carbons (Fsp3) is 0.0233. The van der Waals surface area contributed by atoms with Crippen molar-refractivity contribution in [2.45, 2.75) is 6.92 Å². The van der Waals surface area contributed by atoms with Gasteiger partial charge in [-0.15, -0.1) is 6.58 Å². The molecule has 0 unspecified atom stereocenters. The van der Waals surface area contributed by atoms with Gasteiger partial charge in [0.05, 0.1) is 16.7 Å². The van der Waals surface area contributed by atoms with E-state index in [1.807, 2.05) is 6.92 Å². The number of hydrogen-bond donors (Lipinski definition) is 0. The summed E-state index contributed by atoms with van der Waals surface area (Å²) in [5.41, 5.74) is 9.26. The number of halogens is 1. The van der Waals surface area contributed by atoms with Gasteiger partial charge in [-0.3, -0.25) is 0 Å². The topological polar surface area (TPSA) is 8.17 Å². The molecule has 7 aromatic carbocycles. The Kier molecular flexibility index (Phi) is 8.24. The molecule has 222 valence electrons. The minimum absolute atomic E-state index is 1.03. The molecule has 0 spiro atoms. The number of para-hydroxylation sites is 3. The van der Waals surface area contributed by atoms with E-state index in [1.165, 1.54) is 32.6 Å². The highest BCUT2D eigenvalue weighted by atomic mass is 79.9. The van der Waals surface area contributed by atoms with Crippen LogP contribution >= 0.6 is 15.9 Å². The van der Waals surface area contributed by atoms with Gasteiger partial charge < -0.3 is 9.47 Å². The van der Waals surface area contributed by atoms with Crippen LogP contribution in [0.15, 0.2) is 181 Å². The number of allylic oxidation sites excluding steroid dienone is 1. The fourth-order valence-electron chi connectivity index (χ4n) is 6.28. The summed E-state index contributed by atoms with van der Waals surface area (Å²) in [5, 5.41) is 4.98. The molecule has 0 radical (unpaired) electrons. The summed E-state index contributed by atoms with van der Waals surface area (Å²) >= 11 is 3.84. The zero-order chi connectivity index (χ0) is 31.5. The van der Waals surface area contributed by atoms with Crippen molar-refractivity contribution in [2.75, 3.05) is 4.90 Å². The van der Waals surface area contributed by atoms with Crippen molar-refractivity contribution in [2.24, 2.45) is 0 Å². The van der Waals surface area contributed by atoms with Gasteiger partial charge in [0.1, 0.15) is 0 Å². The predicted molar refractivity (Wildman–Crippen MR) is 202 cm³/mol. The van der Waals surface area contributed by atoms with Crippen molar-refractivity contribution in [1.29, 1.82) is 0 Å². The third-order valence-corrected chi connectivity index (χ3v) is 8.66. The van der Waals surface area contributed by atoms with Crippen molar-refractivity contribution in [3.8, 4) is 16.8 Å². The molecule has 1 aromatic heterocycles. The Labute approximate surface area is 278 Å². The number of anilines is 3. The highest BCUT2D eigenvalue weighted by molar-refractivity contribution is 9.10. The summed E-state index contributed by atoms with van der Waals surface area (Å²) in [6.45, 7) is 5.25. The standard InChI is InChI=1S/C40H27BrN2.C3H6/c41-31-25-30(28-21-23-33(24-22-28)43-39-18-8-6-16-36(39)37-17-7-9-19-40(37)43)26-34(27-31)42(32-13-2-1-3-14-32)38-20-10-12-29-11-4-5-15-35(29)38;1-3-2/h1-27H;3H,1H2,2H3. The largest absolute Gasteiger partial charge is 0.310 e. The first kappa shape index (κ1) is 29.3. The lowest BCUT2D eigenvalue weighted by Crippen LogP contribution is -2.10. The fourth-order valence-corrected chi connectivity index (χ4v) is 6.76. The minimum atomic E-state index is 1.03. The maximum Gasteiger partial charge on any atom is 0.0541 e. The Morgan fingerprint density at radius 2 is 1.11 bits per heavy atom. The molecule has 0 aliphatic rings. The Bertz CT molecular complexity index is 2240. The zero-order valence-corrected chi connectivity index (χ0v) is 27.2. The van der Waals surface area contributed by atoms with Gasteiger partial charge in [-0.2, -0.15) is 0 Å². The van der Waals surface area contributed by atoms with Crippen molar-refractivity contribution in [3.05, 3.63) is 181 Å². The average molecular weight is 658 g/mol. The van der Waals surface area contributed by atoms with Crippen LogP contribution in [0.3, 0.4) is 0 Å². The molecule has 0 fully saturated rings. The van der Waals surface area contributed by atoms with Crippen LogP contribution in [0.2, 0.25) is 0 Å². The summed E-state index contributed by atoms with van der Waals surface area (Å²) in [6, 6.07) is 58.6. The van der Waals surface area contributed by atoms with Crippen molar-refractivity contribution < 1.29 is 0 Å². The summed E-state index contributed by atoms with van der Waals surface area (Å²) in [4.78, 5) is 2.35. The van der Waals surface area contributed by atoms with E-state index < -0.39 is 0 Å². The van der Waals surface area contributed by atoms with Gasteiger partial charge in [-0.05, 0) is 84.1 Å². The molecule has 2 nitrogen and oxygen atoms in total. The number of fused-ring (bicyclic) bond motifs is 4. The number of nitrogens with zero attached hydrogens (tertiary/aromatic N) is 2. The third kappa shape index (κ3) is 5.51. The van der Waals surface area contributed by atoms with Gasteiger partial charge in [0, 0.05) is 37.7 Å². The van der Waals surface area contributed by atoms with E-state index in [1.54, 1.807) is 6.08 Å². The number of hydrogen-bond acceptors (Lipinski definition) is 1. The molecule has 46 heavy (non-hydrogen) atoms. The monoisotopic (exact) mass is 656 g/mol. The highest BCUT2D eigenvalue weighted by Gasteiger charge is 2.17. The van der Waals surface area contributed by atoms with Gasteiger partial charge in [0.25, 0.3) is 0 Å². The van der Waals surface area contributed by atoms with E-state index >= 15 is 0 Å². The molecule has 0 saturated carbocycles. The van der Waals surface area contributed by atoms with Gasteiger partial charge in [-0.1, -0.05) is 125 Å². The van der Waals surface area contributed by atoms with Crippen LogP contribution in [0, 0.1) is 0 Å². The van der Waals surface area contributed by atoms with Crippen molar-refractivity contribution in [1.82, 2.24) is 4.57 Å². The molecule has 8 aromatic rings. The Hall–Kier alpha value is -5.38. The smallest absolute Gasteiger partial charge is 0.0541 e. The maximum absolute atomic E-state index is 3.84. The highest BCUT2D eigenvalue weighted by Crippen LogP contribution is 2.41. The van der Waals surface area contributed by atoms with E-state index in [9.17, 15) is 0 Å². The molecule has 8 rings (SSSR count). The number of benzene rings is 7. The lowest BCUT2D eigenvalue weighted by Gasteiger charge is -2.27. The van der Waals surface area contributed by atoms with Crippen molar-refractivity contribution in [3.63, 3.8) is 0 Å². The average Bonchev–Trinajstić information content (AvgIpc) is 3.44. The summed E-state index contributed by atoms with van der Waals surface area (Å²) in [5.74, 6) is 0. The van der Waals surface area contributed by atoms with Crippen LogP contribution in [-0.2, 0) is 0 Å². The van der Waals surface area contributed by atoms with E-state index in [2.05, 4.69) is 196 Å². The second-order valence-electron chi connectivity index (χ2n) is 11.2. The van der Waals surface area contributed by atoms with Crippen LogP contribution in [0.1, 0.15) is 6.92 Å². The number of rotatable bonds is 5.